The number of aliphatic hydroxyl groups excluding tert-OH is 1. The molecule has 1 rings (SSSR count). The summed E-state index contributed by atoms with van der Waals surface area (Å²) in [6.07, 6.45) is 8.46. The zero-order valence-electron chi connectivity index (χ0n) is 9.41. The van der Waals surface area contributed by atoms with Crippen LogP contribution in [0.15, 0.2) is 0 Å². The van der Waals surface area contributed by atoms with E-state index in [1.165, 1.54) is 25.7 Å². The van der Waals surface area contributed by atoms with E-state index in [2.05, 4.69) is 0 Å². The summed E-state index contributed by atoms with van der Waals surface area (Å²) < 4.78 is 5.03. The largest absolute Gasteiger partial charge is 0.466 e. The van der Waals surface area contributed by atoms with Crippen molar-refractivity contribution in [1.82, 2.24) is 0 Å². The van der Waals surface area contributed by atoms with Crippen molar-refractivity contribution < 1.29 is 14.6 Å². The highest BCUT2D eigenvalue weighted by Crippen LogP contribution is 2.12. The van der Waals surface area contributed by atoms with Crippen molar-refractivity contribution in [3.63, 3.8) is 0 Å². The van der Waals surface area contributed by atoms with Gasteiger partial charge in [-0.15, -0.1) is 0 Å². The zero-order valence-corrected chi connectivity index (χ0v) is 9.41. The van der Waals surface area contributed by atoms with Crippen molar-refractivity contribution in [2.24, 2.45) is 0 Å². The molecule has 1 aliphatic rings. The Kier molecular flexibility index (Phi) is 6.41. The maximum atomic E-state index is 11.2. The van der Waals surface area contributed by atoms with E-state index >= 15 is 0 Å². The third-order valence-electron chi connectivity index (χ3n) is 2.85. The van der Waals surface area contributed by atoms with E-state index < -0.39 is 6.10 Å². The van der Waals surface area contributed by atoms with Gasteiger partial charge in [0.1, 0.15) is 0 Å². The summed E-state index contributed by atoms with van der Waals surface area (Å²) >= 11 is 0. The summed E-state index contributed by atoms with van der Waals surface area (Å²) in [5, 5.41) is 9.53. The Morgan fingerprint density at radius 3 is 2.33 bits per heavy atom. The summed E-state index contributed by atoms with van der Waals surface area (Å²) in [7, 11) is 0. The van der Waals surface area contributed by atoms with Crippen LogP contribution in [0.2, 0.25) is 0 Å². The van der Waals surface area contributed by atoms with Crippen LogP contribution in [-0.2, 0) is 9.53 Å². The minimum absolute atomic E-state index is 0.167. The molecular weight excluding hydrogens is 192 g/mol. The molecule has 0 saturated carbocycles. The van der Waals surface area contributed by atoms with Crippen LogP contribution in [-0.4, -0.2) is 23.8 Å². The van der Waals surface area contributed by atoms with Gasteiger partial charge in [0.25, 0.3) is 0 Å². The highest BCUT2D eigenvalue weighted by atomic mass is 16.5. The summed E-state index contributed by atoms with van der Waals surface area (Å²) in [5.41, 5.74) is 0. The number of ether oxygens (including phenoxy) is 1. The van der Waals surface area contributed by atoms with Crippen molar-refractivity contribution in [1.29, 1.82) is 0 Å². The molecule has 0 aromatic rings. The number of rotatable bonds is 0. The van der Waals surface area contributed by atoms with Crippen molar-refractivity contribution >= 4 is 5.97 Å². The van der Waals surface area contributed by atoms with Gasteiger partial charge in [0.05, 0.1) is 19.1 Å². The van der Waals surface area contributed by atoms with Crippen LogP contribution in [0.25, 0.3) is 0 Å². The quantitative estimate of drug-likeness (QED) is 0.630. The Morgan fingerprint density at radius 2 is 1.60 bits per heavy atom. The Morgan fingerprint density at radius 1 is 1.00 bits per heavy atom. The molecule has 0 amide bonds. The Bertz CT molecular complexity index is 180. The van der Waals surface area contributed by atoms with Gasteiger partial charge in [-0.1, -0.05) is 38.5 Å². The summed E-state index contributed by atoms with van der Waals surface area (Å²) in [6.45, 7) is 0.519. The predicted octanol–water partition coefficient (Wildman–Crippen LogP) is 2.42. The molecule has 0 radical (unpaired) electrons. The van der Waals surface area contributed by atoms with Gasteiger partial charge in [0, 0.05) is 0 Å². The highest BCUT2D eigenvalue weighted by molar-refractivity contribution is 5.69. The molecule has 15 heavy (non-hydrogen) atoms. The Hall–Kier alpha value is -0.570. The van der Waals surface area contributed by atoms with E-state index in [0.717, 1.165) is 25.7 Å². The molecule has 88 valence electrons. The lowest BCUT2D eigenvalue weighted by Gasteiger charge is -2.09. The number of hydrogen-bond donors (Lipinski definition) is 1. The van der Waals surface area contributed by atoms with Gasteiger partial charge in [0.15, 0.2) is 0 Å². The molecule has 0 aliphatic carbocycles. The van der Waals surface area contributed by atoms with Gasteiger partial charge >= 0.3 is 5.97 Å². The van der Waals surface area contributed by atoms with E-state index in [4.69, 9.17) is 4.74 Å². The normalized spacial score (nSPS) is 27.0. The molecule has 0 spiro atoms. The van der Waals surface area contributed by atoms with Crippen LogP contribution in [0.5, 0.6) is 0 Å². The van der Waals surface area contributed by atoms with Crippen molar-refractivity contribution in [2.45, 2.75) is 63.9 Å². The molecule has 1 saturated heterocycles. The lowest BCUT2D eigenvalue weighted by atomic mass is 10.1. The topological polar surface area (TPSA) is 46.5 Å². The molecule has 1 unspecified atom stereocenters. The zero-order chi connectivity index (χ0) is 10.9. The van der Waals surface area contributed by atoms with Gasteiger partial charge < -0.3 is 9.84 Å². The summed E-state index contributed by atoms with van der Waals surface area (Å²) in [4.78, 5) is 11.2. The molecule has 3 heteroatoms. The summed E-state index contributed by atoms with van der Waals surface area (Å²) in [5.74, 6) is -0.248. The van der Waals surface area contributed by atoms with E-state index in [9.17, 15) is 9.90 Å². The molecule has 1 N–H and O–H groups in total. The number of aliphatic hydroxyl groups is 1. The summed E-state index contributed by atoms with van der Waals surface area (Å²) in [6, 6.07) is 0. The predicted molar refractivity (Wildman–Crippen MR) is 58.5 cm³/mol. The molecule has 0 bridgehead atoms. The van der Waals surface area contributed by atoms with E-state index in [-0.39, 0.29) is 12.4 Å². The van der Waals surface area contributed by atoms with Crippen LogP contribution in [0, 0.1) is 0 Å². The number of carbonyl (C=O) groups is 1. The van der Waals surface area contributed by atoms with Gasteiger partial charge in [-0.25, -0.2) is 0 Å². The maximum absolute atomic E-state index is 11.2. The van der Waals surface area contributed by atoms with Gasteiger partial charge in [-0.2, -0.15) is 0 Å². The van der Waals surface area contributed by atoms with Crippen LogP contribution >= 0.6 is 0 Å². The minimum atomic E-state index is -0.502. The van der Waals surface area contributed by atoms with E-state index in [1.807, 2.05) is 0 Å². The van der Waals surface area contributed by atoms with Crippen LogP contribution < -0.4 is 0 Å². The lowest BCUT2D eigenvalue weighted by Crippen LogP contribution is -2.16. The van der Waals surface area contributed by atoms with E-state index in [0.29, 0.717) is 6.61 Å². The number of carbonyl (C=O) groups excluding carboxylic acids is 1. The molecule has 3 nitrogen and oxygen atoms in total. The smallest absolute Gasteiger partial charge is 0.308 e. The van der Waals surface area contributed by atoms with E-state index in [1.54, 1.807) is 0 Å². The molecule has 1 aliphatic heterocycles. The fourth-order valence-electron chi connectivity index (χ4n) is 1.91. The standard InChI is InChI=1S/C12H22O3/c13-11-8-6-4-2-1-3-5-7-9-15-12(14)10-11/h11,13H,1-10H2. The molecule has 1 heterocycles. The lowest BCUT2D eigenvalue weighted by molar-refractivity contribution is -0.146. The molecular formula is C12H22O3. The number of hydrogen-bond acceptors (Lipinski definition) is 3. The average molecular weight is 214 g/mol. The maximum Gasteiger partial charge on any atom is 0.308 e. The monoisotopic (exact) mass is 214 g/mol. The Labute approximate surface area is 91.8 Å². The van der Waals surface area contributed by atoms with Crippen LogP contribution in [0.4, 0.5) is 0 Å². The van der Waals surface area contributed by atoms with Crippen LogP contribution in [0.1, 0.15) is 57.8 Å². The second-order valence-corrected chi connectivity index (χ2v) is 4.34. The fourth-order valence-corrected chi connectivity index (χ4v) is 1.91. The third kappa shape index (κ3) is 6.50. The second-order valence-electron chi connectivity index (χ2n) is 4.34. The van der Waals surface area contributed by atoms with Gasteiger partial charge in [-0.3, -0.25) is 4.79 Å². The molecule has 0 aromatic carbocycles. The van der Waals surface area contributed by atoms with Crippen molar-refractivity contribution in [3.05, 3.63) is 0 Å². The first-order valence-electron chi connectivity index (χ1n) is 6.13. The van der Waals surface area contributed by atoms with Crippen molar-refractivity contribution in [2.75, 3.05) is 6.61 Å². The first kappa shape index (κ1) is 12.5. The second kappa shape index (κ2) is 7.69. The number of esters is 1. The highest BCUT2D eigenvalue weighted by Gasteiger charge is 2.11. The molecule has 0 aromatic heterocycles. The Balaban J connectivity index is 2.26. The SMILES string of the molecule is O=C1CC(O)CCCCCCCCCO1. The number of cyclic esters (lactones) is 1. The first-order valence-corrected chi connectivity index (χ1v) is 6.13. The third-order valence-corrected chi connectivity index (χ3v) is 2.85. The minimum Gasteiger partial charge on any atom is -0.466 e. The van der Waals surface area contributed by atoms with Crippen LogP contribution in [0.3, 0.4) is 0 Å². The van der Waals surface area contributed by atoms with Gasteiger partial charge in [-0.05, 0) is 12.8 Å². The van der Waals surface area contributed by atoms with Gasteiger partial charge in [0.2, 0.25) is 0 Å². The molecule has 1 atom stereocenters. The van der Waals surface area contributed by atoms with Crippen molar-refractivity contribution in [3.8, 4) is 0 Å². The first-order chi connectivity index (χ1) is 7.29. The fraction of sp³-hybridized carbons (Fsp3) is 0.917. The molecule has 1 fully saturated rings. The average Bonchev–Trinajstić information content (AvgIpc) is 2.21.